The van der Waals surface area contributed by atoms with Crippen LogP contribution in [0.4, 0.5) is 0 Å². The van der Waals surface area contributed by atoms with Crippen LogP contribution >= 0.6 is 0 Å². The van der Waals surface area contributed by atoms with Crippen LogP contribution in [0.2, 0.25) is 0 Å². The Kier molecular flexibility index (Phi) is 5.81. The molecule has 0 aromatic heterocycles. The van der Waals surface area contributed by atoms with E-state index in [1.807, 2.05) is 0 Å². The molecule has 0 heterocycles. The summed E-state index contributed by atoms with van der Waals surface area (Å²) in [5.41, 5.74) is 0.967. The molecule has 1 atom stereocenters. The number of aldehydes is 1. The lowest BCUT2D eigenvalue weighted by atomic mass is 9.98. The molecule has 0 aliphatic carbocycles. The van der Waals surface area contributed by atoms with E-state index in [0.29, 0.717) is 5.92 Å². The highest BCUT2D eigenvalue weighted by molar-refractivity contribution is 5.73. The van der Waals surface area contributed by atoms with Gasteiger partial charge >= 0.3 is 0 Å². The summed E-state index contributed by atoms with van der Waals surface area (Å²) in [5, 5.41) is 0. The second-order valence-corrected chi connectivity index (χ2v) is 2.92. The van der Waals surface area contributed by atoms with Crippen LogP contribution in [0.15, 0.2) is 11.6 Å². The van der Waals surface area contributed by atoms with E-state index < -0.39 is 0 Å². The zero-order valence-electron chi connectivity index (χ0n) is 7.76. The minimum Gasteiger partial charge on any atom is -0.298 e. The molecular weight excluding hydrogens is 136 g/mol. The Labute approximate surface area is 69.5 Å². The first-order chi connectivity index (χ1) is 5.26. The molecule has 0 radical (unpaired) electrons. The fourth-order valence-electron chi connectivity index (χ4n) is 0.912. The van der Waals surface area contributed by atoms with Crippen LogP contribution in [-0.2, 0) is 4.79 Å². The Morgan fingerprint density at radius 1 is 1.45 bits per heavy atom. The maximum absolute atomic E-state index is 10.5. The first kappa shape index (κ1) is 10.4. The number of carbonyl (C=O) groups excluding carboxylic acids is 1. The lowest BCUT2D eigenvalue weighted by Gasteiger charge is -2.06. The van der Waals surface area contributed by atoms with Crippen molar-refractivity contribution in [2.45, 2.75) is 40.0 Å². The van der Waals surface area contributed by atoms with Crippen molar-refractivity contribution < 1.29 is 4.79 Å². The van der Waals surface area contributed by atoms with Gasteiger partial charge in [-0.25, -0.2) is 0 Å². The fraction of sp³-hybridized carbons (Fsp3) is 0.700. The second-order valence-electron chi connectivity index (χ2n) is 2.92. The number of carbonyl (C=O) groups is 1. The largest absolute Gasteiger partial charge is 0.298 e. The van der Waals surface area contributed by atoms with Crippen molar-refractivity contribution in [3.8, 4) is 0 Å². The quantitative estimate of drug-likeness (QED) is 0.439. The van der Waals surface area contributed by atoms with E-state index in [-0.39, 0.29) is 0 Å². The second kappa shape index (κ2) is 6.14. The van der Waals surface area contributed by atoms with Gasteiger partial charge in [0, 0.05) is 0 Å². The van der Waals surface area contributed by atoms with Crippen molar-refractivity contribution in [2.24, 2.45) is 5.92 Å². The maximum Gasteiger partial charge on any atom is 0.145 e. The highest BCUT2D eigenvalue weighted by Gasteiger charge is 2.03. The molecule has 0 rings (SSSR count). The standard InChI is InChI=1S/C10H18O/c1-4-6-7-10(8-11)9(3)5-2/h7-9H,4-6H2,1-3H3. The molecule has 11 heavy (non-hydrogen) atoms. The molecule has 1 heteroatoms. The van der Waals surface area contributed by atoms with Gasteiger partial charge in [0.05, 0.1) is 0 Å². The molecule has 0 aliphatic rings. The predicted octanol–water partition coefficient (Wildman–Crippen LogP) is 2.96. The van der Waals surface area contributed by atoms with Crippen LogP contribution in [0.1, 0.15) is 40.0 Å². The minimum atomic E-state index is 0.430. The van der Waals surface area contributed by atoms with E-state index in [4.69, 9.17) is 0 Å². The van der Waals surface area contributed by atoms with Gasteiger partial charge in [0.1, 0.15) is 6.29 Å². The van der Waals surface area contributed by atoms with Crippen LogP contribution < -0.4 is 0 Å². The highest BCUT2D eigenvalue weighted by atomic mass is 16.1. The zero-order valence-corrected chi connectivity index (χ0v) is 7.76. The van der Waals surface area contributed by atoms with Crippen LogP contribution in [-0.4, -0.2) is 6.29 Å². The Balaban J connectivity index is 4.02. The summed E-state index contributed by atoms with van der Waals surface area (Å²) in [6.45, 7) is 6.32. The summed E-state index contributed by atoms with van der Waals surface area (Å²) in [4.78, 5) is 10.5. The van der Waals surface area contributed by atoms with Gasteiger partial charge in [-0.15, -0.1) is 0 Å². The average Bonchev–Trinajstić information content (AvgIpc) is 2.05. The SMILES string of the molecule is CCCC=C(C=O)C(C)CC. The van der Waals surface area contributed by atoms with E-state index in [0.717, 1.165) is 31.1 Å². The third kappa shape index (κ3) is 3.97. The molecule has 0 aromatic rings. The van der Waals surface area contributed by atoms with E-state index >= 15 is 0 Å². The van der Waals surface area contributed by atoms with Gasteiger partial charge < -0.3 is 0 Å². The highest BCUT2D eigenvalue weighted by Crippen LogP contribution is 2.12. The number of allylic oxidation sites excluding steroid dienone is 2. The van der Waals surface area contributed by atoms with Crippen molar-refractivity contribution in [2.75, 3.05) is 0 Å². The summed E-state index contributed by atoms with van der Waals surface area (Å²) >= 11 is 0. The lowest BCUT2D eigenvalue weighted by Crippen LogP contribution is -1.98. The summed E-state index contributed by atoms with van der Waals surface area (Å²) in [6, 6.07) is 0. The lowest BCUT2D eigenvalue weighted by molar-refractivity contribution is -0.105. The van der Waals surface area contributed by atoms with Crippen molar-refractivity contribution in [1.82, 2.24) is 0 Å². The molecule has 0 spiro atoms. The van der Waals surface area contributed by atoms with Crippen molar-refractivity contribution in [1.29, 1.82) is 0 Å². The normalized spacial score (nSPS) is 14.6. The first-order valence-corrected chi connectivity index (χ1v) is 4.41. The molecule has 64 valence electrons. The van der Waals surface area contributed by atoms with Gasteiger partial charge in [0.25, 0.3) is 0 Å². The van der Waals surface area contributed by atoms with Crippen molar-refractivity contribution in [3.05, 3.63) is 11.6 Å². The molecule has 1 unspecified atom stereocenters. The minimum absolute atomic E-state index is 0.430. The Morgan fingerprint density at radius 3 is 2.45 bits per heavy atom. The molecule has 1 nitrogen and oxygen atoms in total. The molecule has 0 fully saturated rings. The third-order valence-corrected chi connectivity index (χ3v) is 1.99. The van der Waals surface area contributed by atoms with Crippen LogP contribution in [0.5, 0.6) is 0 Å². The summed E-state index contributed by atoms with van der Waals surface area (Å²) < 4.78 is 0. The third-order valence-electron chi connectivity index (χ3n) is 1.99. The average molecular weight is 154 g/mol. The monoisotopic (exact) mass is 154 g/mol. The van der Waals surface area contributed by atoms with Crippen LogP contribution in [0.25, 0.3) is 0 Å². The summed E-state index contributed by atoms with van der Waals surface area (Å²) in [6.07, 6.45) is 6.24. The Hall–Kier alpha value is -0.590. The predicted molar refractivity (Wildman–Crippen MR) is 48.5 cm³/mol. The number of hydrogen-bond acceptors (Lipinski definition) is 1. The van der Waals surface area contributed by atoms with Crippen LogP contribution in [0.3, 0.4) is 0 Å². The van der Waals surface area contributed by atoms with Gasteiger partial charge in [0.2, 0.25) is 0 Å². The number of rotatable bonds is 5. The fourth-order valence-corrected chi connectivity index (χ4v) is 0.912. The molecule has 0 saturated heterocycles. The van der Waals surface area contributed by atoms with E-state index in [1.54, 1.807) is 0 Å². The van der Waals surface area contributed by atoms with Crippen molar-refractivity contribution in [3.63, 3.8) is 0 Å². The molecule has 0 aliphatic heterocycles. The van der Waals surface area contributed by atoms with E-state index in [1.165, 1.54) is 0 Å². The van der Waals surface area contributed by atoms with Gasteiger partial charge in [-0.3, -0.25) is 4.79 Å². The van der Waals surface area contributed by atoms with E-state index in [2.05, 4.69) is 26.8 Å². The Bertz CT molecular complexity index is 136. The topological polar surface area (TPSA) is 17.1 Å². The summed E-state index contributed by atoms with van der Waals surface area (Å²) in [7, 11) is 0. The molecule has 0 aromatic carbocycles. The van der Waals surface area contributed by atoms with E-state index in [9.17, 15) is 4.79 Å². The zero-order chi connectivity index (χ0) is 8.69. The molecule has 0 saturated carbocycles. The smallest absolute Gasteiger partial charge is 0.145 e. The van der Waals surface area contributed by atoms with Gasteiger partial charge in [-0.2, -0.15) is 0 Å². The molecule has 0 amide bonds. The van der Waals surface area contributed by atoms with Gasteiger partial charge in [0.15, 0.2) is 0 Å². The van der Waals surface area contributed by atoms with Gasteiger partial charge in [-0.1, -0.05) is 33.3 Å². The maximum atomic E-state index is 10.5. The first-order valence-electron chi connectivity index (χ1n) is 4.41. The Morgan fingerprint density at radius 2 is 2.09 bits per heavy atom. The number of hydrogen-bond donors (Lipinski definition) is 0. The summed E-state index contributed by atoms with van der Waals surface area (Å²) in [5.74, 6) is 0.430. The number of unbranched alkanes of at least 4 members (excludes halogenated alkanes) is 1. The molecule has 0 bridgehead atoms. The van der Waals surface area contributed by atoms with Crippen molar-refractivity contribution >= 4 is 6.29 Å². The van der Waals surface area contributed by atoms with Crippen LogP contribution in [0, 0.1) is 5.92 Å². The van der Waals surface area contributed by atoms with Gasteiger partial charge in [-0.05, 0) is 24.3 Å². The molecule has 0 N–H and O–H groups in total. The molecular formula is C10H18O.